The standard InChI is InChI=1S/C18H27N2O.BrH/c1-3-5-6-7-8-13-19-14-15-20(16-19)17-9-11-18(12-10-17)21-4-2;/h9-12,14-16H,3-8,13H2,1-2H3;1H/q+1;/p-1. The molecule has 0 fully saturated rings. The van der Waals surface area contributed by atoms with Crippen LogP contribution in [0.25, 0.3) is 5.69 Å². The van der Waals surface area contributed by atoms with Crippen molar-refractivity contribution < 1.29 is 26.3 Å². The van der Waals surface area contributed by atoms with Crippen molar-refractivity contribution in [2.24, 2.45) is 0 Å². The van der Waals surface area contributed by atoms with Gasteiger partial charge in [-0.15, -0.1) is 0 Å². The van der Waals surface area contributed by atoms with Gasteiger partial charge < -0.3 is 21.7 Å². The van der Waals surface area contributed by atoms with E-state index in [0.29, 0.717) is 6.61 Å². The van der Waals surface area contributed by atoms with Crippen molar-refractivity contribution in [2.75, 3.05) is 6.61 Å². The van der Waals surface area contributed by atoms with Gasteiger partial charge in [-0.05, 0) is 44.0 Å². The third kappa shape index (κ3) is 5.84. The number of halogens is 1. The van der Waals surface area contributed by atoms with Crippen LogP contribution < -0.4 is 26.3 Å². The summed E-state index contributed by atoms with van der Waals surface area (Å²) in [5, 5.41) is 0. The summed E-state index contributed by atoms with van der Waals surface area (Å²) in [5.41, 5.74) is 1.17. The maximum atomic E-state index is 5.47. The zero-order valence-corrected chi connectivity index (χ0v) is 15.3. The van der Waals surface area contributed by atoms with Crippen molar-refractivity contribution in [2.45, 2.75) is 52.5 Å². The smallest absolute Gasteiger partial charge is 0.248 e. The average Bonchev–Trinajstić information content (AvgIpc) is 2.97. The highest BCUT2D eigenvalue weighted by molar-refractivity contribution is 5.36. The molecule has 4 heteroatoms. The lowest BCUT2D eigenvalue weighted by molar-refractivity contribution is -0.696. The van der Waals surface area contributed by atoms with Crippen molar-refractivity contribution in [1.29, 1.82) is 0 Å². The highest BCUT2D eigenvalue weighted by Crippen LogP contribution is 2.14. The second-order valence-corrected chi connectivity index (χ2v) is 5.40. The van der Waals surface area contributed by atoms with Crippen LogP contribution in [0.5, 0.6) is 5.75 Å². The van der Waals surface area contributed by atoms with Crippen LogP contribution in [0.2, 0.25) is 0 Å². The molecule has 0 saturated carbocycles. The zero-order chi connectivity index (χ0) is 14.9. The van der Waals surface area contributed by atoms with Crippen molar-refractivity contribution in [1.82, 2.24) is 4.57 Å². The molecule has 0 saturated heterocycles. The summed E-state index contributed by atoms with van der Waals surface area (Å²) < 4.78 is 9.89. The normalized spacial score (nSPS) is 10.3. The third-order valence-electron chi connectivity index (χ3n) is 3.66. The predicted molar refractivity (Wildman–Crippen MR) is 85.9 cm³/mol. The van der Waals surface area contributed by atoms with Crippen LogP contribution in [-0.4, -0.2) is 11.2 Å². The van der Waals surface area contributed by atoms with Gasteiger partial charge in [-0.25, -0.2) is 9.13 Å². The first kappa shape index (κ1) is 18.8. The van der Waals surface area contributed by atoms with Crippen LogP contribution in [-0.2, 0) is 6.54 Å². The van der Waals surface area contributed by atoms with E-state index in [9.17, 15) is 0 Å². The van der Waals surface area contributed by atoms with Gasteiger partial charge in [0.2, 0.25) is 6.33 Å². The van der Waals surface area contributed by atoms with E-state index in [2.05, 4.69) is 46.9 Å². The van der Waals surface area contributed by atoms with Gasteiger partial charge in [-0.1, -0.05) is 26.2 Å². The number of aryl methyl sites for hydroxylation is 1. The third-order valence-corrected chi connectivity index (χ3v) is 3.66. The van der Waals surface area contributed by atoms with Gasteiger partial charge in [0.05, 0.1) is 13.2 Å². The fourth-order valence-electron chi connectivity index (χ4n) is 2.46. The Morgan fingerprint density at radius 2 is 1.73 bits per heavy atom. The Morgan fingerprint density at radius 1 is 1.00 bits per heavy atom. The van der Waals surface area contributed by atoms with E-state index < -0.39 is 0 Å². The lowest BCUT2D eigenvalue weighted by atomic mass is 10.1. The maximum Gasteiger partial charge on any atom is 0.248 e. The molecule has 0 N–H and O–H groups in total. The molecular weight excluding hydrogens is 340 g/mol. The molecule has 1 heterocycles. The van der Waals surface area contributed by atoms with E-state index in [1.165, 1.54) is 37.8 Å². The molecule has 0 aliphatic rings. The van der Waals surface area contributed by atoms with E-state index in [0.717, 1.165) is 12.3 Å². The molecule has 0 bridgehead atoms. The van der Waals surface area contributed by atoms with Gasteiger partial charge in [-0.2, -0.15) is 0 Å². The molecule has 3 nitrogen and oxygen atoms in total. The Balaban J connectivity index is 0.00000242. The highest BCUT2D eigenvalue weighted by Gasteiger charge is 2.06. The Morgan fingerprint density at radius 3 is 2.41 bits per heavy atom. The molecule has 0 aliphatic carbocycles. The van der Waals surface area contributed by atoms with E-state index in [1.54, 1.807) is 0 Å². The van der Waals surface area contributed by atoms with Crippen LogP contribution in [0.1, 0.15) is 46.0 Å². The van der Waals surface area contributed by atoms with E-state index >= 15 is 0 Å². The number of ether oxygens (including phenoxy) is 1. The molecule has 2 rings (SSSR count). The number of hydrogen-bond acceptors (Lipinski definition) is 1. The maximum absolute atomic E-state index is 5.47. The van der Waals surface area contributed by atoms with Crippen LogP contribution in [0.15, 0.2) is 43.0 Å². The minimum Gasteiger partial charge on any atom is -1.00 e. The molecule has 0 aliphatic heterocycles. The number of unbranched alkanes of at least 4 members (excludes halogenated alkanes) is 4. The Hall–Kier alpha value is -1.29. The molecule has 0 atom stereocenters. The van der Waals surface area contributed by atoms with Gasteiger partial charge in [-0.3, -0.25) is 0 Å². The average molecular weight is 367 g/mol. The van der Waals surface area contributed by atoms with Crippen LogP contribution >= 0.6 is 0 Å². The van der Waals surface area contributed by atoms with E-state index in [4.69, 9.17) is 4.74 Å². The van der Waals surface area contributed by atoms with Crippen LogP contribution in [0, 0.1) is 0 Å². The van der Waals surface area contributed by atoms with Crippen LogP contribution in [0.3, 0.4) is 0 Å². The number of benzene rings is 1. The summed E-state index contributed by atoms with van der Waals surface area (Å²) in [7, 11) is 0. The van der Waals surface area contributed by atoms with Gasteiger partial charge in [0, 0.05) is 0 Å². The molecule has 22 heavy (non-hydrogen) atoms. The lowest BCUT2D eigenvalue weighted by Gasteiger charge is -2.02. The topological polar surface area (TPSA) is 18.0 Å². The zero-order valence-electron chi connectivity index (χ0n) is 13.7. The van der Waals surface area contributed by atoms with Crippen molar-refractivity contribution >= 4 is 0 Å². The molecule has 0 amide bonds. The first-order valence-electron chi connectivity index (χ1n) is 8.13. The second-order valence-electron chi connectivity index (χ2n) is 5.40. The van der Waals surface area contributed by atoms with E-state index in [1.807, 2.05) is 19.1 Å². The lowest BCUT2D eigenvalue weighted by Crippen LogP contribution is -3.00. The van der Waals surface area contributed by atoms with E-state index in [-0.39, 0.29) is 17.0 Å². The SMILES string of the molecule is CCCCCCC[n+]1ccn(-c2ccc(OCC)cc2)c1.[Br-]. The fraction of sp³-hybridized carbons (Fsp3) is 0.500. The molecule has 0 unspecified atom stereocenters. The molecular formula is C18H27BrN2O. The van der Waals surface area contributed by atoms with Gasteiger partial charge >= 0.3 is 0 Å². The molecule has 122 valence electrons. The molecule has 1 aromatic carbocycles. The summed E-state index contributed by atoms with van der Waals surface area (Å²) in [4.78, 5) is 0. The number of hydrogen-bond donors (Lipinski definition) is 0. The summed E-state index contributed by atoms with van der Waals surface area (Å²) in [6.45, 7) is 6.07. The van der Waals surface area contributed by atoms with Gasteiger partial charge in [0.15, 0.2) is 0 Å². The summed E-state index contributed by atoms with van der Waals surface area (Å²) in [6.07, 6.45) is 13.0. The monoisotopic (exact) mass is 366 g/mol. The quantitative estimate of drug-likeness (QED) is 0.480. The summed E-state index contributed by atoms with van der Waals surface area (Å²) in [6, 6.07) is 8.23. The second kappa shape index (κ2) is 10.4. The summed E-state index contributed by atoms with van der Waals surface area (Å²) >= 11 is 0. The molecule has 0 radical (unpaired) electrons. The Kier molecular flexibility index (Phi) is 8.90. The Bertz CT molecular complexity index is 522. The highest BCUT2D eigenvalue weighted by atomic mass is 79.9. The first-order chi connectivity index (χ1) is 10.3. The molecule has 2 aromatic rings. The van der Waals surface area contributed by atoms with Gasteiger partial charge in [0.25, 0.3) is 0 Å². The van der Waals surface area contributed by atoms with Crippen LogP contribution in [0.4, 0.5) is 0 Å². The minimum atomic E-state index is 0. The number of imidazole rings is 1. The largest absolute Gasteiger partial charge is 1.00 e. The Labute approximate surface area is 144 Å². The first-order valence-corrected chi connectivity index (χ1v) is 8.13. The minimum absolute atomic E-state index is 0. The summed E-state index contributed by atoms with van der Waals surface area (Å²) in [5.74, 6) is 0.928. The number of nitrogens with zero attached hydrogens (tertiary/aromatic N) is 2. The fourth-order valence-corrected chi connectivity index (χ4v) is 2.46. The number of rotatable bonds is 9. The predicted octanol–water partition coefficient (Wildman–Crippen LogP) is 1.14. The molecule has 0 spiro atoms. The number of aromatic nitrogens is 2. The van der Waals surface area contributed by atoms with Crippen molar-refractivity contribution in [3.8, 4) is 11.4 Å². The molecule has 1 aromatic heterocycles. The van der Waals surface area contributed by atoms with Crippen molar-refractivity contribution in [3.05, 3.63) is 43.0 Å². The van der Waals surface area contributed by atoms with Gasteiger partial charge in [0.1, 0.15) is 23.8 Å². The van der Waals surface area contributed by atoms with Crippen molar-refractivity contribution in [3.63, 3.8) is 0 Å².